The van der Waals surface area contributed by atoms with E-state index in [9.17, 15) is 4.79 Å². The second kappa shape index (κ2) is 9.62. The smallest absolute Gasteiger partial charge is 0.315 e. The number of methoxy groups -OCH3 is 2. The summed E-state index contributed by atoms with van der Waals surface area (Å²) in [5.41, 5.74) is 4.52. The minimum Gasteiger partial charge on any atom is -0.497 e. The lowest BCUT2D eigenvalue weighted by molar-refractivity contribution is -0.148. The van der Waals surface area contributed by atoms with E-state index < -0.39 is 5.41 Å². The first-order valence-electron chi connectivity index (χ1n) is 11.5. The lowest BCUT2D eigenvalue weighted by Crippen LogP contribution is -2.24. The topological polar surface area (TPSA) is 99.2 Å². The van der Waals surface area contributed by atoms with E-state index >= 15 is 0 Å². The van der Waals surface area contributed by atoms with Crippen molar-refractivity contribution in [3.8, 4) is 45.5 Å². The van der Waals surface area contributed by atoms with Crippen LogP contribution in [-0.4, -0.2) is 46.7 Å². The molecule has 5 rings (SSSR count). The van der Waals surface area contributed by atoms with Crippen LogP contribution < -0.4 is 9.47 Å². The van der Waals surface area contributed by atoms with Gasteiger partial charge in [-0.3, -0.25) is 9.78 Å². The third kappa shape index (κ3) is 4.64. The van der Waals surface area contributed by atoms with Crippen molar-refractivity contribution in [2.24, 2.45) is 5.41 Å². The van der Waals surface area contributed by atoms with Gasteiger partial charge in [-0.15, -0.1) is 0 Å². The number of carbonyl (C=O) groups is 1. The number of nitrogens with zero attached hydrogens (tertiary/aromatic N) is 3. The van der Waals surface area contributed by atoms with Crippen molar-refractivity contribution in [1.82, 2.24) is 19.9 Å². The van der Waals surface area contributed by atoms with E-state index in [1.54, 1.807) is 25.7 Å². The molecule has 0 amide bonds. The predicted octanol–water partition coefficient (Wildman–Crippen LogP) is 5.50. The van der Waals surface area contributed by atoms with E-state index in [1.807, 2.05) is 43.3 Å². The van der Waals surface area contributed by atoms with Gasteiger partial charge in [-0.05, 0) is 61.2 Å². The average molecular weight is 505 g/mol. The lowest BCUT2D eigenvalue weighted by Gasteiger charge is -2.14. The van der Waals surface area contributed by atoms with Crippen LogP contribution in [0.4, 0.5) is 0 Å². The number of hydrogen-bond donors (Lipinski definition) is 1. The normalized spacial score (nSPS) is 13.8. The minimum atomic E-state index is -0.532. The number of imidazole rings is 1. The van der Waals surface area contributed by atoms with Crippen molar-refractivity contribution >= 4 is 17.6 Å². The standard InChI is InChI=1S/C27H25ClN4O4/c1-16-10-23(36-15-27(8-9-27)26(33)35-3)29-13-20(16)18-11-21(28)24(30-12-18)25-31-14-22(32-25)17-4-6-19(34-2)7-5-17/h4-7,10-14H,8-9,15H2,1-3H3,(H,31,32). The van der Waals surface area contributed by atoms with Crippen LogP contribution in [0.1, 0.15) is 18.4 Å². The van der Waals surface area contributed by atoms with Gasteiger partial charge in [0.2, 0.25) is 5.88 Å². The number of aromatic nitrogens is 4. The molecule has 1 saturated carbocycles. The number of rotatable bonds is 8. The first-order valence-corrected chi connectivity index (χ1v) is 11.8. The van der Waals surface area contributed by atoms with Crippen LogP contribution in [0.15, 0.2) is 55.0 Å². The number of carbonyl (C=O) groups excluding carboxylic acids is 1. The maximum absolute atomic E-state index is 11.9. The Balaban J connectivity index is 1.32. The number of benzene rings is 1. The molecule has 9 heteroatoms. The SMILES string of the molecule is COC(=O)C1(COc2cc(C)c(-c3cnc(-c4ncc(-c5ccc(OC)cc5)[nH]4)c(Cl)c3)cn2)CC1. The van der Waals surface area contributed by atoms with Crippen molar-refractivity contribution in [2.45, 2.75) is 19.8 Å². The van der Waals surface area contributed by atoms with E-state index in [0.717, 1.165) is 46.5 Å². The van der Waals surface area contributed by atoms with Gasteiger partial charge < -0.3 is 19.2 Å². The summed E-state index contributed by atoms with van der Waals surface area (Å²) in [5, 5.41) is 0.469. The first-order chi connectivity index (χ1) is 17.4. The number of ether oxygens (including phenoxy) is 3. The minimum absolute atomic E-state index is 0.232. The van der Waals surface area contributed by atoms with Crippen molar-refractivity contribution in [1.29, 1.82) is 0 Å². The molecule has 0 aliphatic heterocycles. The van der Waals surface area contributed by atoms with Gasteiger partial charge >= 0.3 is 5.97 Å². The molecule has 1 aliphatic carbocycles. The quantitative estimate of drug-likeness (QED) is 0.316. The molecule has 184 valence electrons. The van der Waals surface area contributed by atoms with Gasteiger partial charge in [0.05, 0.1) is 31.1 Å². The number of H-pyrrole nitrogens is 1. The van der Waals surface area contributed by atoms with Crippen LogP contribution in [-0.2, 0) is 9.53 Å². The molecule has 0 saturated heterocycles. The molecule has 1 aromatic carbocycles. The fourth-order valence-electron chi connectivity index (χ4n) is 4.02. The number of esters is 1. The van der Waals surface area contributed by atoms with Gasteiger partial charge in [-0.1, -0.05) is 11.6 Å². The van der Waals surface area contributed by atoms with Crippen LogP contribution in [0.3, 0.4) is 0 Å². The highest BCUT2D eigenvalue weighted by Gasteiger charge is 2.52. The number of aromatic amines is 1. The van der Waals surface area contributed by atoms with Gasteiger partial charge in [0.15, 0.2) is 5.82 Å². The van der Waals surface area contributed by atoms with E-state index in [2.05, 4.69) is 19.9 Å². The summed E-state index contributed by atoms with van der Waals surface area (Å²) < 4.78 is 15.9. The summed E-state index contributed by atoms with van der Waals surface area (Å²) in [6.45, 7) is 2.22. The molecule has 8 nitrogen and oxygen atoms in total. The zero-order valence-corrected chi connectivity index (χ0v) is 20.9. The maximum Gasteiger partial charge on any atom is 0.315 e. The summed E-state index contributed by atoms with van der Waals surface area (Å²) in [4.78, 5) is 28.7. The van der Waals surface area contributed by atoms with Crippen LogP contribution >= 0.6 is 11.6 Å². The van der Waals surface area contributed by atoms with Gasteiger partial charge in [0, 0.05) is 29.6 Å². The van der Waals surface area contributed by atoms with Gasteiger partial charge in [-0.2, -0.15) is 0 Å². The molecule has 3 aromatic heterocycles. The number of pyridine rings is 2. The molecule has 1 fully saturated rings. The van der Waals surface area contributed by atoms with Crippen LogP contribution in [0.2, 0.25) is 5.02 Å². The van der Waals surface area contributed by atoms with Crippen LogP contribution in [0, 0.1) is 12.3 Å². The Kier molecular flexibility index (Phi) is 6.36. The van der Waals surface area contributed by atoms with Gasteiger partial charge in [0.1, 0.15) is 23.5 Å². The number of nitrogens with one attached hydrogen (secondary N) is 1. The summed E-state index contributed by atoms with van der Waals surface area (Å²) >= 11 is 6.61. The molecule has 3 heterocycles. The summed E-state index contributed by atoms with van der Waals surface area (Å²) in [6, 6.07) is 11.4. The highest BCUT2D eigenvalue weighted by Crippen LogP contribution is 2.47. The molecule has 1 N–H and O–H groups in total. The highest BCUT2D eigenvalue weighted by molar-refractivity contribution is 6.33. The zero-order valence-electron chi connectivity index (χ0n) is 20.2. The van der Waals surface area contributed by atoms with Crippen molar-refractivity contribution in [3.05, 3.63) is 65.6 Å². The molecule has 36 heavy (non-hydrogen) atoms. The number of aryl methyl sites for hydroxylation is 1. The predicted molar refractivity (Wildman–Crippen MR) is 136 cm³/mol. The summed E-state index contributed by atoms with van der Waals surface area (Å²) in [7, 11) is 3.03. The van der Waals surface area contributed by atoms with E-state index in [1.165, 1.54) is 7.11 Å². The molecule has 0 bridgehead atoms. The van der Waals surface area contributed by atoms with E-state index in [4.69, 9.17) is 25.8 Å². The third-order valence-electron chi connectivity index (χ3n) is 6.41. The summed E-state index contributed by atoms with van der Waals surface area (Å²) in [5.74, 6) is 1.60. The Morgan fingerprint density at radius 1 is 1.03 bits per heavy atom. The molecular formula is C27H25ClN4O4. The second-order valence-corrected chi connectivity index (χ2v) is 9.23. The second-order valence-electron chi connectivity index (χ2n) is 8.83. The Hall–Kier alpha value is -3.91. The first kappa shape index (κ1) is 23.8. The molecule has 0 atom stereocenters. The van der Waals surface area contributed by atoms with Crippen molar-refractivity contribution < 1.29 is 19.0 Å². The van der Waals surface area contributed by atoms with Crippen LogP contribution in [0.25, 0.3) is 33.9 Å². The summed E-state index contributed by atoms with van der Waals surface area (Å²) in [6.07, 6.45) is 6.76. The number of halogens is 1. The molecule has 0 spiro atoms. The van der Waals surface area contributed by atoms with E-state index in [0.29, 0.717) is 22.4 Å². The van der Waals surface area contributed by atoms with Crippen LogP contribution in [0.5, 0.6) is 11.6 Å². The van der Waals surface area contributed by atoms with Crippen molar-refractivity contribution in [3.63, 3.8) is 0 Å². The fraction of sp³-hybridized carbons (Fsp3) is 0.259. The third-order valence-corrected chi connectivity index (χ3v) is 6.70. The van der Waals surface area contributed by atoms with E-state index in [-0.39, 0.29) is 12.6 Å². The zero-order chi connectivity index (χ0) is 25.3. The molecule has 1 aliphatic rings. The Morgan fingerprint density at radius 3 is 2.44 bits per heavy atom. The lowest BCUT2D eigenvalue weighted by atomic mass is 10.0. The molecule has 0 radical (unpaired) electrons. The average Bonchev–Trinajstić information content (AvgIpc) is 3.54. The monoisotopic (exact) mass is 504 g/mol. The molecular weight excluding hydrogens is 480 g/mol. The Morgan fingerprint density at radius 2 is 1.81 bits per heavy atom. The molecule has 4 aromatic rings. The number of hydrogen-bond acceptors (Lipinski definition) is 7. The van der Waals surface area contributed by atoms with Gasteiger partial charge in [-0.25, -0.2) is 9.97 Å². The Bertz CT molecular complexity index is 1410. The Labute approximate surface area is 213 Å². The molecule has 0 unspecified atom stereocenters. The van der Waals surface area contributed by atoms with Gasteiger partial charge in [0.25, 0.3) is 0 Å². The fourth-order valence-corrected chi connectivity index (χ4v) is 4.27. The largest absolute Gasteiger partial charge is 0.497 e. The highest BCUT2D eigenvalue weighted by atomic mass is 35.5. The van der Waals surface area contributed by atoms with Crippen molar-refractivity contribution in [2.75, 3.05) is 20.8 Å². The maximum atomic E-state index is 11.9.